The Kier molecular flexibility index (Phi) is 10.5. The Morgan fingerprint density at radius 1 is 0.939 bits per heavy atom. The van der Waals surface area contributed by atoms with Gasteiger partial charge in [0, 0.05) is 36.9 Å². The highest BCUT2D eigenvalue weighted by Gasteiger charge is 2.31. The Hall–Kier alpha value is -4.48. The van der Waals surface area contributed by atoms with E-state index in [1.807, 2.05) is 68.4 Å². The number of fused-ring (bicyclic) bond motifs is 2. The Labute approximate surface area is 288 Å². The topological polar surface area (TPSA) is 113 Å². The highest BCUT2D eigenvalue weighted by molar-refractivity contribution is 7.89. The zero-order valence-electron chi connectivity index (χ0n) is 28.9. The lowest BCUT2D eigenvalue weighted by Gasteiger charge is -2.25. The number of para-hydroxylation sites is 2. The van der Waals surface area contributed by atoms with Gasteiger partial charge in [0.15, 0.2) is 11.3 Å². The number of ether oxygens (including phenoxy) is 1. The Morgan fingerprint density at radius 3 is 2.47 bits per heavy atom. The molecule has 1 aliphatic heterocycles. The van der Waals surface area contributed by atoms with E-state index in [1.54, 1.807) is 22.7 Å². The molecule has 11 heteroatoms. The van der Waals surface area contributed by atoms with Crippen LogP contribution in [0.25, 0.3) is 16.9 Å². The van der Waals surface area contributed by atoms with Crippen LogP contribution in [0.1, 0.15) is 82.3 Å². The molecular weight excluding hydrogens is 637 g/mol. The number of imidazole rings is 1. The van der Waals surface area contributed by atoms with Crippen LogP contribution in [0.2, 0.25) is 0 Å². The van der Waals surface area contributed by atoms with Gasteiger partial charge in [0.05, 0.1) is 22.8 Å². The van der Waals surface area contributed by atoms with Crippen molar-refractivity contribution in [2.45, 2.75) is 83.6 Å². The van der Waals surface area contributed by atoms with Crippen LogP contribution in [0.15, 0.2) is 82.5 Å². The second-order valence-corrected chi connectivity index (χ2v) is 14.6. The molecule has 0 saturated heterocycles. The molecule has 0 aliphatic carbocycles. The van der Waals surface area contributed by atoms with Gasteiger partial charge in [-0.1, -0.05) is 75.9 Å². The Balaban J connectivity index is 1.39. The molecule has 1 unspecified atom stereocenters. The van der Waals surface area contributed by atoms with Gasteiger partial charge in [-0.2, -0.15) is 4.31 Å². The molecule has 0 saturated carbocycles. The number of hydrogen-bond donors (Lipinski definition) is 1. The molecule has 3 aromatic carbocycles. The number of hydrogen-bond acceptors (Lipinski definition) is 7. The van der Waals surface area contributed by atoms with Gasteiger partial charge < -0.3 is 14.6 Å². The zero-order valence-corrected chi connectivity index (χ0v) is 29.7. The van der Waals surface area contributed by atoms with E-state index in [4.69, 9.17) is 14.8 Å². The number of nitrogens with one attached hydrogen (secondary N) is 1. The van der Waals surface area contributed by atoms with Crippen molar-refractivity contribution in [3.63, 3.8) is 0 Å². The van der Waals surface area contributed by atoms with Crippen molar-refractivity contribution in [2.24, 2.45) is 0 Å². The molecule has 5 aromatic rings. The van der Waals surface area contributed by atoms with Crippen molar-refractivity contribution in [3.05, 3.63) is 100 Å². The molecule has 2 aromatic heterocycles. The molecular formula is C38H46N6O4S. The van der Waals surface area contributed by atoms with Gasteiger partial charge in [0.25, 0.3) is 5.56 Å². The fourth-order valence-corrected chi connectivity index (χ4v) is 8.22. The smallest absolute Gasteiger partial charge is 0.277 e. The maximum atomic E-state index is 14.4. The summed E-state index contributed by atoms with van der Waals surface area (Å²) in [6.07, 6.45) is 6.41. The summed E-state index contributed by atoms with van der Waals surface area (Å²) in [4.78, 5) is 23.6. The average Bonchev–Trinajstić information content (AvgIpc) is 3.31. The molecule has 49 heavy (non-hydrogen) atoms. The summed E-state index contributed by atoms with van der Waals surface area (Å²) in [7, 11) is -3.97. The highest BCUT2D eigenvalue weighted by Crippen LogP contribution is 2.36. The van der Waals surface area contributed by atoms with E-state index >= 15 is 0 Å². The minimum atomic E-state index is -3.97. The number of aryl methyl sites for hydroxylation is 1. The lowest BCUT2D eigenvalue weighted by molar-refractivity contribution is 0.341. The number of H-pyrrole nitrogens is 1. The van der Waals surface area contributed by atoms with E-state index < -0.39 is 10.0 Å². The first-order valence-electron chi connectivity index (χ1n) is 17.4. The van der Waals surface area contributed by atoms with Crippen molar-refractivity contribution < 1.29 is 13.2 Å². The normalized spacial score (nSPS) is 14.5. The van der Waals surface area contributed by atoms with Crippen LogP contribution in [0.5, 0.6) is 5.75 Å². The second-order valence-electron chi connectivity index (χ2n) is 12.6. The Morgan fingerprint density at radius 2 is 1.71 bits per heavy atom. The maximum absolute atomic E-state index is 14.4. The monoisotopic (exact) mass is 682 g/mol. The van der Waals surface area contributed by atoms with Crippen molar-refractivity contribution in [3.8, 4) is 17.1 Å². The van der Waals surface area contributed by atoms with Crippen LogP contribution < -0.4 is 15.2 Å². The van der Waals surface area contributed by atoms with E-state index in [9.17, 15) is 13.2 Å². The zero-order chi connectivity index (χ0) is 34.5. The summed E-state index contributed by atoms with van der Waals surface area (Å²) < 4.78 is 38.0. The largest absolute Gasteiger partial charge is 0.493 e. The standard InChI is InChI=1S/C38H46N6O4S/c1-5-8-9-11-16-28(6-2)37-39-27(4)35-38(45)40-36(41-44(35)37)32-25-31(21-22-34(32)48-7-3)49(46,47)42-23-24-43(30-18-12-10-13-19-30)33-20-15-14-17-29(33)26-42/h10,12-15,17-22,25,28H,5-9,11,16,23-24,26H2,1-4H3,(H,40,41,45). The van der Waals surface area contributed by atoms with Gasteiger partial charge in [-0.15, -0.1) is 5.10 Å². The molecule has 0 spiro atoms. The van der Waals surface area contributed by atoms with E-state index in [0.29, 0.717) is 35.7 Å². The highest BCUT2D eigenvalue weighted by atomic mass is 32.2. The van der Waals surface area contributed by atoms with Crippen LogP contribution >= 0.6 is 0 Å². The number of anilines is 2. The SMILES string of the molecule is CCCCCCC(CC)c1nc(C)c2c(=O)[nH]c(-c3cc(S(=O)(=O)N4CCN(c5ccccc5)c5ccccc5C4)ccc3OCC)nn12. The first-order valence-corrected chi connectivity index (χ1v) is 18.9. The molecule has 3 heterocycles. The summed E-state index contributed by atoms with van der Waals surface area (Å²) >= 11 is 0. The predicted molar refractivity (Wildman–Crippen MR) is 194 cm³/mol. The third kappa shape index (κ3) is 7.00. The number of unbranched alkanes of at least 4 members (excludes halogenated alkanes) is 3. The maximum Gasteiger partial charge on any atom is 0.277 e. The summed E-state index contributed by atoms with van der Waals surface area (Å²) in [5.74, 6) is 1.56. The fraction of sp³-hybridized carbons (Fsp3) is 0.395. The number of aromatic amines is 1. The number of benzene rings is 3. The van der Waals surface area contributed by atoms with Crippen LogP contribution in [0, 0.1) is 6.92 Å². The summed E-state index contributed by atoms with van der Waals surface area (Å²) in [6.45, 7) is 9.37. The number of rotatable bonds is 13. The van der Waals surface area contributed by atoms with Gasteiger partial charge >= 0.3 is 0 Å². The van der Waals surface area contributed by atoms with Gasteiger partial charge in [0.1, 0.15) is 11.6 Å². The molecule has 258 valence electrons. The van der Waals surface area contributed by atoms with Crippen molar-refractivity contribution in [1.29, 1.82) is 0 Å². The number of aromatic nitrogens is 4. The van der Waals surface area contributed by atoms with Crippen LogP contribution in [-0.4, -0.2) is 52.0 Å². The second kappa shape index (κ2) is 15.0. The van der Waals surface area contributed by atoms with E-state index in [-0.39, 0.29) is 35.3 Å². The van der Waals surface area contributed by atoms with Crippen LogP contribution in [0.4, 0.5) is 11.4 Å². The summed E-state index contributed by atoms with van der Waals surface area (Å²) in [6, 6.07) is 22.7. The van der Waals surface area contributed by atoms with Crippen molar-refractivity contribution >= 4 is 26.9 Å². The van der Waals surface area contributed by atoms with Crippen molar-refractivity contribution in [1.82, 2.24) is 23.9 Å². The number of sulfonamides is 1. The minimum Gasteiger partial charge on any atom is -0.493 e. The third-order valence-corrected chi connectivity index (χ3v) is 11.2. The lowest BCUT2D eigenvalue weighted by atomic mass is 9.97. The summed E-state index contributed by atoms with van der Waals surface area (Å²) in [5.41, 5.74) is 3.99. The molecule has 1 aliphatic rings. The molecule has 0 bridgehead atoms. The van der Waals surface area contributed by atoms with Gasteiger partial charge in [-0.3, -0.25) is 4.79 Å². The van der Waals surface area contributed by atoms with Crippen LogP contribution in [-0.2, 0) is 16.6 Å². The lowest BCUT2D eigenvalue weighted by Crippen LogP contribution is -2.34. The number of nitrogens with zero attached hydrogens (tertiary/aromatic N) is 5. The van der Waals surface area contributed by atoms with Crippen LogP contribution in [0.3, 0.4) is 0 Å². The minimum absolute atomic E-state index is 0.101. The van der Waals surface area contributed by atoms with E-state index in [1.165, 1.54) is 10.7 Å². The predicted octanol–water partition coefficient (Wildman–Crippen LogP) is 7.60. The molecule has 0 radical (unpaired) electrons. The van der Waals surface area contributed by atoms with Gasteiger partial charge in [-0.25, -0.2) is 17.9 Å². The molecule has 6 rings (SSSR count). The van der Waals surface area contributed by atoms with Crippen molar-refractivity contribution in [2.75, 3.05) is 24.6 Å². The average molecular weight is 683 g/mol. The van der Waals surface area contributed by atoms with Gasteiger partial charge in [0.2, 0.25) is 10.0 Å². The Bertz CT molecular complexity index is 2080. The first kappa shape index (κ1) is 34.4. The van der Waals surface area contributed by atoms with E-state index in [0.717, 1.165) is 54.9 Å². The molecule has 0 amide bonds. The summed E-state index contributed by atoms with van der Waals surface area (Å²) in [5, 5.41) is 4.91. The molecule has 1 N–H and O–H groups in total. The quantitative estimate of drug-likeness (QED) is 0.127. The molecule has 0 fully saturated rings. The molecule has 10 nitrogen and oxygen atoms in total. The molecule has 1 atom stereocenters. The fourth-order valence-electron chi connectivity index (χ4n) is 6.79. The van der Waals surface area contributed by atoms with Gasteiger partial charge in [-0.05, 0) is 68.7 Å². The first-order chi connectivity index (χ1) is 23.8. The van der Waals surface area contributed by atoms with E-state index in [2.05, 4.69) is 23.7 Å². The third-order valence-electron chi connectivity index (χ3n) is 9.38.